The van der Waals surface area contributed by atoms with Crippen molar-refractivity contribution in [2.75, 3.05) is 0 Å². The van der Waals surface area contributed by atoms with Gasteiger partial charge in [0, 0.05) is 12.1 Å². The lowest BCUT2D eigenvalue weighted by atomic mass is 9.84. The maximum absolute atomic E-state index is 13.4. The highest BCUT2D eigenvalue weighted by Crippen LogP contribution is 2.35. The van der Waals surface area contributed by atoms with Crippen molar-refractivity contribution in [3.05, 3.63) is 29.8 Å². The Bertz CT molecular complexity index is 602. The first-order chi connectivity index (χ1) is 9.70. The van der Waals surface area contributed by atoms with E-state index < -0.39 is 0 Å². The SMILES string of the molecule is CC(C1CCCCC1)n1c(CCl)nc2cc(F)ccc21. The van der Waals surface area contributed by atoms with Gasteiger partial charge in [-0.3, -0.25) is 0 Å². The third-order valence-electron chi connectivity index (χ3n) is 4.58. The molecule has 1 saturated carbocycles. The van der Waals surface area contributed by atoms with Crippen LogP contribution in [0.15, 0.2) is 18.2 Å². The first-order valence-electron chi connectivity index (χ1n) is 7.43. The van der Waals surface area contributed by atoms with Crippen LogP contribution in [-0.4, -0.2) is 9.55 Å². The Balaban J connectivity index is 2.04. The van der Waals surface area contributed by atoms with Gasteiger partial charge < -0.3 is 4.57 Å². The van der Waals surface area contributed by atoms with Gasteiger partial charge in [0.05, 0.1) is 16.9 Å². The lowest BCUT2D eigenvalue weighted by Crippen LogP contribution is -2.20. The zero-order valence-corrected chi connectivity index (χ0v) is 12.5. The molecule has 1 aliphatic carbocycles. The van der Waals surface area contributed by atoms with Crippen LogP contribution in [0.1, 0.15) is 50.9 Å². The van der Waals surface area contributed by atoms with E-state index in [4.69, 9.17) is 11.6 Å². The van der Waals surface area contributed by atoms with Crippen molar-refractivity contribution in [2.45, 2.75) is 50.9 Å². The van der Waals surface area contributed by atoms with E-state index in [1.807, 2.05) is 6.07 Å². The van der Waals surface area contributed by atoms with Crippen molar-refractivity contribution >= 4 is 22.6 Å². The summed E-state index contributed by atoms with van der Waals surface area (Å²) < 4.78 is 15.6. The molecule has 1 fully saturated rings. The topological polar surface area (TPSA) is 17.8 Å². The van der Waals surface area contributed by atoms with Crippen LogP contribution in [0.3, 0.4) is 0 Å². The first kappa shape index (κ1) is 13.9. The third kappa shape index (κ3) is 2.44. The van der Waals surface area contributed by atoms with Crippen LogP contribution in [0.5, 0.6) is 0 Å². The molecule has 0 N–H and O–H groups in total. The lowest BCUT2D eigenvalue weighted by molar-refractivity contribution is 0.265. The number of aromatic nitrogens is 2. The van der Waals surface area contributed by atoms with Crippen molar-refractivity contribution in [3.8, 4) is 0 Å². The number of rotatable bonds is 3. The second kappa shape index (κ2) is 5.72. The molecule has 0 spiro atoms. The van der Waals surface area contributed by atoms with Gasteiger partial charge in [0.25, 0.3) is 0 Å². The highest BCUT2D eigenvalue weighted by molar-refractivity contribution is 6.16. The van der Waals surface area contributed by atoms with Gasteiger partial charge in [-0.1, -0.05) is 19.3 Å². The maximum atomic E-state index is 13.4. The summed E-state index contributed by atoms with van der Waals surface area (Å²) in [6.45, 7) is 2.25. The van der Waals surface area contributed by atoms with Gasteiger partial charge in [-0.05, 0) is 37.8 Å². The largest absolute Gasteiger partial charge is 0.324 e. The van der Waals surface area contributed by atoms with Gasteiger partial charge in [-0.2, -0.15) is 0 Å². The maximum Gasteiger partial charge on any atom is 0.125 e. The van der Waals surface area contributed by atoms with Crippen molar-refractivity contribution in [2.24, 2.45) is 5.92 Å². The van der Waals surface area contributed by atoms with Crippen molar-refractivity contribution < 1.29 is 4.39 Å². The fourth-order valence-corrected chi connectivity index (χ4v) is 3.69. The van der Waals surface area contributed by atoms with Gasteiger partial charge >= 0.3 is 0 Å². The molecule has 1 unspecified atom stereocenters. The summed E-state index contributed by atoms with van der Waals surface area (Å²) in [6.07, 6.45) is 6.51. The molecular weight excluding hydrogens is 275 g/mol. The molecule has 2 aromatic rings. The molecular formula is C16H20ClFN2. The van der Waals surface area contributed by atoms with Gasteiger partial charge in [-0.25, -0.2) is 9.37 Å². The molecule has 1 aromatic heterocycles. The lowest BCUT2D eigenvalue weighted by Gasteiger charge is -2.30. The van der Waals surface area contributed by atoms with Gasteiger partial charge in [0.15, 0.2) is 0 Å². The van der Waals surface area contributed by atoms with E-state index >= 15 is 0 Å². The zero-order valence-electron chi connectivity index (χ0n) is 11.8. The van der Waals surface area contributed by atoms with Gasteiger partial charge in [0.1, 0.15) is 11.6 Å². The predicted molar refractivity (Wildman–Crippen MR) is 80.5 cm³/mol. The minimum absolute atomic E-state index is 0.242. The number of fused-ring (bicyclic) bond motifs is 1. The summed E-state index contributed by atoms with van der Waals surface area (Å²) in [5.74, 6) is 1.65. The Morgan fingerprint density at radius 1 is 1.35 bits per heavy atom. The van der Waals surface area contributed by atoms with Crippen LogP contribution in [0.2, 0.25) is 0 Å². The fourth-order valence-electron chi connectivity index (χ4n) is 3.50. The summed E-state index contributed by atoms with van der Waals surface area (Å²) in [7, 11) is 0. The molecule has 0 saturated heterocycles. The normalized spacial score (nSPS) is 18.6. The number of halogens is 2. The highest BCUT2D eigenvalue weighted by Gasteiger charge is 2.24. The second-order valence-corrected chi connectivity index (χ2v) is 6.07. The minimum atomic E-state index is -0.242. The average molecular weight is 295 g/mol. The van der Waals surface area contributed by atoms with Crippen LogP contribution in [0.25, 0.3) is 11.0 Å². The first-order valence-corrected chi connectivity index (χ1v) is 7.96. The van der Waals surface area contributed by atoms with E-state index in [1.165, 1.54) is 44.2 Å². The summed E-state index contributed by atoms with van der Waals surface area (Å²) in [4.78, 5) is 4.50. The Morgan fingerprint density at radius 3 is 2.80 bits per heavy atom. The molecule has 108 valence electrons. The van der Waals surface area contributed by atoms with Gasteiger partial charge in [0.2, 0.25) is 0 Å². The molecule has 1 aromatic carbocycles. The molecule has 1 atom stereocenters. The Hall–Kier alpha value is -1.09. The fraction of sp³-hybridized carbons (Fsp3) is 0.562. The van der Waals surface area contributed by atoms with Crippen molar-refractivity contribution in [1.82, 2.24) is 9.55 Å². The Kier molecular flexibility index (Phi) is 3.97. The molecule has 4 heteroatoms. The summed E-state index contributed by atoms with van der Waals surface area (Å²) in [5, 5.41) is 0. The predicted octanol–water partition coefficient (Wildman–Crippen LogP) is 5.06. The minimum Gasteiger partial charge on any atom is -0.324 e. The monoisotopic (exact) mass is 294 g/mol. The summed E-state index contributed by atoms with van der Waals surface area (Å²) in [5.41, 5.74) is 1.71. The molecule has 0 amide bonds. The molecule has 0 radical (unpaired) electrons. The number of benzene rings is 1. The van der Waals surface area contributed by atoms with Crippen molar-refractivity contribution in [1.29, 1.82) is 0 Å². The van der Waals surface area contributed by atoms with Crippen molar-refractivity contribution in [3.63, 3.8) is 0 Å². The van der Waals surface area contributed by atoms with E-state index in [-0.39, 0.29) is 5.82 Å². The molecule has 1 aliphatic rings. The number of hydrogen-bond acceptors (Lipinski definition) is 1. The van der Waals surface area contributed by atoms with E-state index in [0.29, 0.717) is 23.4 Å². The molecule has 0 aliphatic heterocycles. The third-order valence-corrected chi connectivity index (χ3v) is 4.82. The smallest absolute Gasteiger partial charge is 0.125 e. The van der Waals surface area contributed by atoms with Crippen LogP contribution in [-0.2, 0) is 5.88 Å². The van der Waals surface area contributed by atoms with Gasteiger partial charge in [-0.15, -0.1) is 11.6 Å². The van der Waals surface area contributed by atoms with E-state index in [0.717, 1.165) is 11.3 Å². The average Bonchev–Trinajstić information content (AvgIpc) is 2.84. The summed E-state index contributed by atoms with van der Waals surface area (Å²) in [6, 6.07) is 5.20. The number of imidazole rings is 1. The number of nitrogens with zero attached hydrogens (tertiary/aromatic N) is 2. The number of hydrogen-bond donors (Lipinski definition) is 0. The van der Waals surface area contributed by atoms with E-state index in [2.05, 4.69) is 16.5 Å². The second-order valence-electron chi connectivity index (χ2n) is 5.80. The zero-order chi connectivity index (χ0) is 14.1. The van der Waals surface area contributed by atoms with Crippen LogP contribution in [0.4, 0.5) is 4.39 Å². The molecule has 1 heterocycles. The Morgan fingerprint density at radius 2 is 2.10 bits per heavy atom. The Labute approximate surface area is 123 Å². The molecule has 0 bridgehead atoms. The number of alkyl halides is 1. The highest BCUT2D eigenvalue weighted by atomic mass is 35.5. The van der Waals surface area contributed by atoms with Crippen LogP contribution in [0, 0.1) is 11.7 Å². The van der Waals surface area contributed by atoms with Crippen LogP contribution >= 0.6 is 11.6 Å². The molecule has 20 heavy (non-hydrogen) atoms. The summed E-state index contributed by atoms with van der Waals surface area (Å²) >= 11 is 6.05. The molecule has 3 rings (SSSR count). The standard InChI is InChI=1S/C16H20ClFN2/c1-11(12-5-3-2-4-6-12)20-15-8-7-13(18)9-14(15)19-16(20)10-17/h7-9,11-12H,2-6,10H2,1H3. The van der Waals surface area contributed by atoms with Crippen LogP contribution < -0.4 is 0 Å². The van der Waals surface area contributed by atoms with E-state index in [1.54, 1.807) is 0 Å². The van der Waals surface area contributed by atoms with E-state index in [9.17, 15) is 4.39 Å². The molecule has 2 nitrogen and oxygen atoms in total. The quantitative estimate of drug-likeness (QED) is 0.724.